The maximum absolute atomic E-state index is 5.93. The van der Waals surface area contributed by atoms with Crippen molar-refractivity contribution < 1.29 is 0 Å². The third-order valence-electron chi connectivity index (χ3n) is 3.46. The van der Waals surface area contributed by atoms with Gasteiger partial charge in [0.15, 0.2) is 0 Å². The summed E-state index contributed by atoms with van der Waals surface area (Å²) < 4.78 is 1.06. The van der Waals surface area contributed by atoms with Crippen LogP contribution in [0.15, 0.2) is 22.7 Å². The Bertz CT molecular complexity index is 367. The fraction of sp³-hybridized carbons (Fsp3) is 0.538. The van der Waals surface area contributed by atoms with Crippen LogP contribution in [-0.4, -0.2) is 6.04 Å². The van der Waals surface area contributed by atoms with E-state index in [-0.39, 0.29) is 0 Å². The maximum Gasteiger partial charge on any atom is 0.0487 e. The molecule has 0 spiro atoms. The van der Waals surface area contributed by atoms with Gasteiger partial charge in [0.2, 0.25) is 0 Å². The van der Waals surface area contributed by atoms with E-state index in [1.165, 1.54) is 25.7 Å². The molecule has 1 N–H and O–H groups in total. The van der Waals surface area contributed by atoms with Crippen LogP contribution in [0.3, 0.4) is 0 Å². The number of benzene rings is 1. The summed E-state index contributed by atoms with van der Waals surface area (Å²) in [7, 11) is 0. The lowest BCUT2D eigenvalue weighted by Gasteiger charge is -2.21. The molecule has 1 fully saturated rings. The molecule has 1 nitrogen and oxygen atoms in total. The van der Waals surface area contributed by atoms with E-state index in [4.69, 9.17) is 11.6 Å². The van der Waals surface area contributed by atoms with Crippen LogP contribution in [0, 0.1) is 5.92 Å². The zero-order valence-electron chi connectivity index (χ0n) is 9.47. The standard InChI is InChI=1S/C13H17BrClN/c1-2-9-4-3-5-12(9)16-13-7-6-10(15)8-11(13)14/h6-9,12,16H,2-5H2,1H3. The first-order valence-corrected chi connectivity index (χ1v) is 7.09. The van der Waals surface area contributed by atoms with Crippen LogP contribution >= 0.6 is 27.5 Å². The Morgan fingerprint density at radius 3 is 2.94 bits per heavy atom. The molecule has 1 aliphatic carbocycles. The summed E-state index contributed by atoms with van der Waals surface area (Å²) in [6, 6.07) is 6.56. The van der Waals surface area contributed by atoms with Crippen molar-refractivity contribution >= 4 is 33.2 Å². The lowest BCUT2D eigenvalue weighted by molar-refractivity contribution is 0.489. The van der Waals surface area contributed by atoms with Crippen LogP contribution in [0.4, 0.5) is 5.69 Å². The van der Waals surface area contributed by atoms with Gasteiger partial charge < -0.3 is 5.32 Å². The Balaban J connectivity index is 2.08. The molecule has 2 atom stereocenters. The lowest BCUT2D eigenvalue weighted by Crippen LogP contribution is -2.23. The second kappa shape index (κ2) is 5.42. The van der Waals surface area contributed by atoms with Gasteiger partial charge in [-0.2, -0.15) is 0 Å². The lowest BCUT2D eigenvalue weighted by atomic mass is 10.0. The maximum atomic E-state index is 5.93. The molecule has 1 saturated carbocycles. The molecule has 16 heavy (non-hydrogen) atoms. The quantitative estimate of drug-likeness (QED) is 0.819. The van der Waals surface area contributed by atoms with Crippen molar-refractivity contribution in [3.63, 3.8) is 0 Å². The van der Waals surface area contributed by atoms with Gasteiger partial charge in [0.1, 0.15) is 0 Å². The fourth-order valence-electron chi connectivity index (χ4n) is 2.52. The van der Waals surface area contributed by atoms with E-state index in [2.05, 4.69) is 34.2 Å². The Hall–Kier alpha value is -0.210. The van der Waals surface area contributed by atoms with Crippen molar-refractivity contribution in [2.45, 2.75) is 38.6 Å². The van der Waals surface area contributed by atoms with E-state index in [1.807, 2.05) is 12.1 Å². The molecule has 3 heteroatoms. The average Bonchev–Trinajstić information content (AvgIpc) is 2.69. The van der Waals surface area contributed by atoms with Crippen LogP contribution in [0.2, 0.25) is 5.02 Å². The van der Waals surface area contributed by atoms with Gasteiger partial charge in [-0.3, -0.25) is 0 Å². The largest absolute Gasteiger partial charge is 0.381 e. The van der Waals surface area contributed by atoms with Crippen LogP contribution in [0.5, 0.6) is 0 Å². The number of rotatable bonds is 3. The van der Waals surface area contributed by atoms with E-state index in [9.17, 15) is 0 Å². The first kappa shape index (κ1) is 12.3. The van der Waals surface area contributed by atoms with Crippen LogP contribution < -0.4 is 5.32 Å². The second-order valence-electron chi connectivity index (χ2n) is 4.47. The van der Waals surface area contributed by atoms with Crippen LogP contribution in [-0.2, 0) is 0 Å². The molecule has 2 unspecified atom stereocenters. The number of hydrogen-bond donors (Lipinski definition) is 1. The summed E-state index contributed by atoms with van der Waals surface area (Å²) in [5.74, 6) is 0.822. The highest BCUT2D eigenvalue weighted by atomic mass is 79.9. The van der Waals surface area contributed by atoms with Gasteiger partial charge >= 0.3 is 0 Å². The summed E-state index contributed by atoms with van der Waals surface area (Å²) in [5.41, 5.74) is 1.16. The van der Waals surface area contributed by atoms with Gasteiger partial charge in [-0.05, 0) is 52.9 Å². The van der Waals surface area contributed by atoms with Crippen LogP contribution in [0.25, 0.3) is 0 Å². The molecule has 0 heterocycles. The average molecular weight is 303 g/mol. The van der Waals surface area contributed by atoms with Crippen molar-refractivity contribution in [1.82, 2.24) is 0 Å². The Labute approximate surface area is 111 Å². The molecular weight excluding hydrogens is 286 g/mol. The zero-order chi connectivity index (χ0) is 11.5. The Morgan fingerprint density at radius 2 is 2.25 bits per heavy atom. The van der Waals surface area contributed by atoms with Crippen molar-refractivity contribution in [2.75, 3.05) is 5.32 Å². The topological polar surface area (TPSA) is 12.0 Å². The Morgan fingerprint density at radius 1 is 1.44 bits per heavy atom. The third-order valence-corrected chi connectivity index (χ3v) is 4.35. The SMILES string of the molecule is CCC1CCCC1Nc1ccc(Cl)cc1Br. The summed E-state index contributed by atoms with van der Waals surface area (Å²) in [5, 5.41) is 4.41. The third kappa shape index (κ3) is 2.72. The fourth-order valence-corrected chi connectivity index (χ4v) is 3.32. The Kier molecular flexibility index (Phi) is 4.15. The number of hydrogen-bond acceptors (Lipinski definition) is 1. The summed E-state index contributed by atoms with van der Waals surface area (Å²) in [6.07, 6.45) is 5.26. The number of anilines is 1. The van der Waals surface area contributed by atoms with E-state index in [0.717, 1.165) is 21.1 Å². The molecule has 0 aromatic heterocycles. The van der Waals surface area contributed by atoms with Crippen molar-refractivity contribution in [1.29, 1.82) is 0 Å². The smallest absolute Gasteiger partial charge is 0.0487 e. The first-order valence-electron chi connectivity index (χ1n) is 5.92. The molecule has 2 rings (SSSR count). The van der Waals surface area contributed by atoms with Gasteiger partial charge in [0.05, 0.1) is 0 Å². The van der Waals surface area contributed by atoms with Gasteiger partial charge in [-0.15, -0.1) is 0 Å². The van der Waals surface area contributed by atoms with Crippen molar-refractivity contribution in [3.8, 4) is 0 Å². The monoisotopic (exact) mass is 301 g/mol. The van der Waals surface area contributed by atoms with Gasteiger partial charge in [0.25, 0.3) is 0 Å². The molecule has 1 aromatic carbocycles. The molecule has 0 saturated heterocycles. The number of halogens is 2. The highest BCUT2D eigenvalue weighted by molar-refractivity contribution is 9.10. The normalized spacial score (nSPS) is 24.7. The predicted octanol–water partition coefficient (Wildman–Crippen LogP) is 5.09. The highest BCUT2D eigenvalue weighted by Gasteiger charge is 2.25. The van der Waals surface area contributed by atoms with Gasteiger partial charge in [-0.25, -0.2) is 0 Å². The minimum Gasteiger partial charge on any atom is -0.381 e. The van der Waals surface area contributed by atoms with Crippen molar-refractivity contribution in [2.24, 2.45) is 5.92 Å². The summed E-state index contributed by atoms with van der Waals surface area (Å²) >= 11 is 9.48. The number of nitrogens with one attached hydrogen (secondary N) is 1. The summed E-state index contributed by atoms with van der Waals surface area (Å²) in [4.78, 5) is 0. The van der Waals surface area contributed by atoms with E-state index >= 15 is 0 Å². The van der Waals surface area contributed by atoms with E-state index in [0.29, 0.717) is 6.04 Å². The molecular formula is C13H17BrClN. The molecule has 0 radical (unpaired) electrons. The predicted molar refractivity (Wildman–Crippen MR) is 74.2 cm³/mol. The van der Waals surface area contributed by atoms with Crippen molar-refractivity contribution in [3.05, 3.63) is 27.7 Å². The molecule has 1 aromatic rings. The zero-order valence-corrected chi connectivity index (χ0v) is 11.8. The molecule has 0 amide bonds. The molecule has 1 aliphatic rings. The second-order valence-corrected chi connectivity index (χ2v) is 5.77. The minimum atomic E-state index is 0.627. The molecule has 88 valence electrons. The van der Waals surface area contributed by atoms with Gasteiger partial charge in [0, 0.05) is 21.2 Å². The highest BCUT2D eigenvalue weighted by Crippen LogP contribution is 2.33. The first-order chi connectivity index (χ1) is 7.70. The van der Waals surface area contributed by atoms with Gasteiger partial charge in [-0.1, -0.05) is 31.4 Å². The van der Waals surface area contributed by atoms with E-state index in [1.54, 1.807) is 0 Å². The summed E-state index contributed by atoms with van der Waals surface area (Å²) in [6.45, 7) is 2.28. The van der Waals surface area contributed by atoms with E-state index < -0.39 is 0 Å². The molecule has 0 bridgehead atoms. The minimum absolute atomic E-state index is 0.627. The molecule has 0 aliphatic heterocycles. The van der Waals surface area contributed by atoms with Crippen LogP contribution in [0.1, 0.15) is 32.6 Å².